The maximum Gasteiger partial charge on any atom is 0.298 e. The maximum absolute atomic E-state index is 12.0. The second-order valence-corrected chi connectivity index (χ2v) is 3.43. The first-order valence-corrected chi connectivity index (χ1v) is 5.11. The van der Waals surface area contributed by atoms with Crippen molar-refractivity contribution in [3.05, 3.63) is 65.7 Å². The van der Waals surface area contributed by atoms with E-state index in [1.165, 1.54) is 0 Å². The van der Waals surface area contributed by atoms with Crippen LogP contribution in [0.3, 0.4) is 0 Å². The van der Waals surface area contributed by atoms with Gasteiger partial charge in [0.2, 0.25) is 0 Å². The van der Waals surface area contributed by atoms with E-state index in [9.17, 15) is 9.59 Å². The van der Waals surface area contributed by atoms with Crippen LogP contribution >= 0.6 is 0 Å². The van der Waals surface area contributed by atoms with Gasteiger partial charge in [-0.05, 0) is 24.3 Å². The molecular weight excluding hydrogens is 216 g/mol. The molecular formula is C14H10O3. The summed E-state index contributed by atoms with van der Waals surface area (Å²) in [7, 11) is 0. The van der Waals surface area contributed by atoms with E-state index in [4.69, 9.17) is 0 Å². The van der Waals surface area contributed by atoms with Gasteiger partial charge in [0.15, 0.2) is 5.78 Å². The van der Waals surface area contributed by atoms with Gasteiger partial charge in [-0.3, -0.25) is 9.59 Å². The predicted molar refractivity (Wildman–Crippen MR) is 63.0 cm³/mol. The van der Waals surface area contributed by atoms with Gasteiger partial charge in [0.05, 0.1) is 0 Å². The van der Waals surface area contributed by atoms with Crippen LogP contribution in [0.4, 0.5) is 0 Å². The molecule has 0 unspecified atom stereocenters. The summed E-state index contributed by atoms with van der Waals surface area (Å²) in [6.07, 6.45) is 0. The van der Waals surface area contributed by atoms with Gasteiger partial charge < -0.3 is 4.74 Å². The highest BCUT2D eigenvalue weighted by Gasteiger charge is 2.07. The summed E-state index contributed by atoms with van der Waals surface area (Å²) in [4.78, 5) is 22.1. The first-order valence-electron chi connectivity index (χ1n) is 5.11. The molecule has 0 N–H and O–H groups in total. The number of ketones is 1. The van der Waals surface area contributed by atoms with Crippen LogP contribution in [0.25, 0.3) is 0 Å². The molecule has 0 amide bonds. The van der Waals surface area contributed by atoms with Crippen molar-refractivity contribution in [1.29, 1.82) is 0 Å². The van der Waals surface area contributed by atoms with E-state index in [0.29, 0.717) is 23.3 Å². The highest BCUT2D eigenvalue weighted by Crippen LogP contribution is 2.14. The van der Waals surface area contributed by atoms with Crippen molar-refractivity contribution < 1.29 is 14.3 Å². The zero-order chi connectivity index (χ0) is 12.1. The van der Waals surface area contributed by atoms with Crippen molar-refractivity contribution in [3.8, 4) is 5.75 Å². The first kappa shape index (κ1) is 11.1. The average molecular weight is 226 g/mol. The third-order valence-corrected chi connectivity index (χ3v) is 2.34. The van der Waals surface area contributed by atoms with Gasteiger partial charge in [-0.1, -0.05) is 30.3 Å². The summed E-state index contributed by atoms with van der Waals surface area (Å²) in [5.74, 6) is 0.368. The minimum atomic E-state index is -0.0525. The zero-order valence-electron chi connectivity index (χ0n) is 9.00. The fourth-order valence-corrected chi connectivity index (χ4v) is 1.50. The number of hydrogen-bond donors (Lipinski definition) is 0. The third kappa shape index (κ3) is 2.58. The molecule has 2 aromatic rings. The summed E-state index contributed by atoms with van der Waals surface area (Å²) in [5.41, 5.74) is 1.20. The molecule has 3 heteroatoms. The number of carbonyl (C=O) groups is 2. The van der Waals surface area contributed by atoms with E-state index >= 15 is 0 Å². The Morgan fingerprint density at radius 3 is 2.06 bits per heavy atom. The summed E-state index contributed by atoms with van der Waals surface area (Å²) in [6, 6.07) is 15.5. The molecule has 0 aliphatic heterocycles. The molecule has 0 heterocycles. The fourth-order valence-electron chi connectivity index (χ4n) is 1.50. The summed E-state index contributed by atoms with van der Waals surface area (Å²) in [6.45, 7) is 0.355. The Hall–Kier alpha value is -2.42. The van der Waals surface area contributed by atoms with E-state index in [2.05, 4.69) is 4.74 Å². The third-order valence-electron chi connectivity index (χ3n) is 2.34. The van der Waals surface area contributed by atoms with E-state index < -0.39 is 0 Å². The van der Waals surface area contributed by atoms with E-state index in [-0.39, 0.29) is 5.78 Å². The van der Waals surface area contributed by atoms with Crippen LogP contribution in [0.1, 0.15) is 15.9 Å². The molecule has 0 saturated heterocycles. The fraction of sp³-hybridized carbons (Fsp3) is 0. The number of benzene rings is 2. The van der Waals surface area contributed by atoms with E-state index in [1.54, 1.807) is 36.4 Å². The second-order valence-electron chi connectivity index (χ2n) is 3.43. The molecule has 84 valence electrons. The van der Waals surface area contributed by atoms with Crippen LogP contribution in [0.15, 0.2) is 54.6 Å². The minimum Gasteiger partial charge on any atom is -0.429 e. The molecule has 3 nitrogen and oxygen atoms in total. The molecule has 0 atom stereocenters. The van der Waals surface area contributed by atoms with Crippen molar-refractivity contribution in [2.75, 3.05) is 0 Å². The van der Waals surface area contributed by atoms with Gasteiger partial charge in [-0.2, -0.15) is 0 Å². The topological polar surface area (TPSA) is 43.4 Å². The SMILES string of the molecule is O=COc1ccc(C(=O)c2ccccc2)cc1. The van der Waals surface area contributed by atoms with Gasteiger partial charge in [0.25, 0.3) is 6.47 Å². The van der Waals surface area contributed by atoms with Crippen LogP contribution in [0, 0.1) is 0 Å². The van der Waals surface area contributed by atoms with Crippen LogP contribution in [-0.2, 0) is 4.79 Å². The predicted octanol–water partition coefficient (Wildman–Crippen LogP) is 2.45. The smallest absolute Gasteiger partial charge is 0.298 e. The van der Waals surface area contributed by atoms with Gasteiger partial charge in [-0.25, -0.2) is 0 Å². The molecule has 2 rings (SSSR count). The lowest BCUT2D eigenvalue weighted by Crippen LogP contribution is -2.00. The summed E-state index contributed by atoms with van der Waals surface area (Å²) >= 11 is 0. The van der Waals surface area contributed by atoms with Gasteiger partial charge in [0.1, 0.15) is 5.75 Å². The summed E-state index contributed by atoms with van der Waals surface area (Å²) < 4.78 is 4.65. The summed E-state index contributed by atoms with van der Waals surface area (Å²) in [5, 5.41) is 0. The normalized spacial score (nSPS) is 9.65. The number of carbonyl (C=O) groups excluding carboxylic acids is 2. The van der Waals surface area contributed by atoms with Gasteiger partial charge in [-0.15, -0.1) is 0 Å². The van der Waals surface area contributed by atoms with Crippen molar-refractivity contribution in [1.82, 2.24) is 0 Å². The Labute approximate surface area is 98.7 Å². The van der Waals surface area contributed by atoms with Crippen molar-refractivity contribution in [3.63, 3.8) is 0 Å². The highest BCUT2D eigenvalue weighted by atomic mass is 16.5. The Balaban J connectivity index is 2.23. The lowest BCUT2D eigenvalue weighted by atomic mass is 10.0. The molecule has 17 heavy (non-hydrogen) atoms. The molecule has 0 saturated carbocycles. The molecule has 0 fully saturated rings. The van der Waals surface area contributed by atoms with Crippen LogP contribution in [-0.4, -0.2) is 12.3 Å². The van der Waals surface area contributed by atoms with E-state index in [1.807, 2.05) is 18.2 Å². The van der Waals surface area contributed by atoms with Gasteiger partial charge in [0, 0.05) is 11.1 Å². The largest absolute Gasteiger partial charge is 0.429 e. The molecule has 0 aliphatic carbocycles. The van der Waals surface area contributed by atoms with Gasteiger partial charge >= 0.3 is 0 Å². The van der Waals surface area contributed by atoms with Crippen molar-refractivity contribution in [2.45, 2.75) is 0 Å². The molecule has 0 bridgehead atoms. The Kier molecular flexibility index (Phi) is 3.31. The Morgan fingerprint density at radius 1 is 0.882 bits per heavy atom. The molecule has 0 aliphatic rings. The lowest BCUT2D eigenvalue weighted by Gasteiger charge is -2.02. The molecule has 0 radical (unpaired) electrons. The quantitative estimate of drug-likeness (QED) is 0.594. The number of ether oxygens (including phenoxy) is 1. The van der Waals surface area contributed by atoms with Crippen LogP contribution in [0.5, 0.6) is 5.75 Å². The standard InChI is InChI=1S/C14H10O3/c15-10-17-13-8-6-12(7-9-13)14(16)11-4-2-1-3-5-11/h1-10H. The molecule has 0 spiro atoms. The number of rotatable bonds is 4. The molecule has 0 aromatic heterocycles. The number of hydrogen-bond acceptors (Lipinski definition) is 3. The second kappa shape index (κ2) is 5.07. The van der Waals surface area contributed by atoms with Crippen LogP contribution < -0.4 is 4.74 Å². The highest BCUT2D eigenvalue weighted by molar-refractivity contribution is 6.08. The van der Waals surface area contributed by atoms with Crippen molar-refractivity contribution in [2.24, 2.45) is 0 Å². The zero-order valence-corrected chi connectivity index (χ0v) is 9.00. The molecule has 2 aromatic carbocycles. The Bertz CT molecular complexity index is 515. The maximum atomic E-state index is 12.0. The Morgan fingerprint density at radius 2 is 1.47 bits per heavy atom. The first-order chi connectivity index (χ1) is 8.31. The monoisotopic (exact) mass is 226 g/mol. The van der Waals surface area contributed by atoms with Crippen LogP contribution in [0.2, 0.25) is 0 Å². The lowest BCUT2D eigenvalue weighted by molar-refractivity contribution is -0.120. The van der Waals surface area contributed by atoms with E-state index in [0.717, 1.165) is 0 Å². The average Bonchev–Trinajstić information content (AvgIpc) is 2.40. The minimum absolute atomic E-state index is 0.0525. The van der Waals surface area contributed by atoms with Crippen molar-refractivity contribution >= 4 is 12.3 Å².